The lowest BCUT2D eigenvalue weighted by Gasteiger charge is -2.29. The summed E-state index contributed by atoms with van der Waals surface area (Å²) >= 11 is 6.46. The Morgan fingerprint density at radius 3 is 2.32 bits per heavy atom. The van der Waals surface area contributed by atoms with Gasteiger partial charge in [-0.25, -0.2) is 0 Å². The minimum atomic E-state index is -4.77. The quantitative estimate of drug-likeness (QED) is 0.415. The highest BCUT2D eigenvalue weighted by molar-refractivity contribution is 6.33. The molecule has 0 aromatic heterocycles. The number of esters is 1. The lowest BCUT2D eigenvalue weighted by atomic mass is 9.77. The summed E-state index contributed by atoms with van der Waals surface area (Å²) in [7, 11) is 0. The molecule has 31 heavy (non-hydrogen) atoms. The predicted octanol–water partition coefficient (Wildman–Crippen LogP) is 6.13. The van der Waals surface area contributed by atoms with Gasteiger partial charge in [-0.2, -0.15) is 0 Å². The maximum absolute atomic E-state index is 13.2. The Morgan fingerprint density at radius 2 is 1.71 bits per heavy atom. The topological polar surface area (TPSA) is 52.6 Å². The summed E-state index contributed by atoms with van der Waals surface area (Å²) in [6.45, 7) is 1.77. The second-order valence-corrected chi connectivity index (χ2v) is 8.44. The number of Topliss-reactive ketones (excluding diaryl/α,β-unsaturated/α-hetero) is 1. The lowest BCUT2D eigenvalue weighted by Crippen LogP contribution is -2.39. The van der Waals surface area contributed by atoms with Crippen LogP contribution in [0.25, 0.3) is 11.1 Å². The Hall–Kier alpha value is -2.54. The molecule has 4 nitrogen and oxygen atoms in total. The van der Waals surface area contributed by atoms with Gasteiger partial charge in [0, 0.05) is 10.6 Å². The number of alkyl halides is 3. The molecular formula is C23H20ClF3O4. The molecule has 164 valence electrons. The van der Waals surface area contributed by atoms with E-state index in [2.05, 4.69) is 4.74 Å². The van der Waals surface area contributed by atoms with Gasteiger partial charge in [0.2, 0.25) is 0 Å². The Balaban J connectivity index is 1.63. The van der Waals surface area contributed by atoms with Crippen molar-refractivity contribution in [2.24, 2.45) is 0 Å². The second-order valence-electron chi connectivity index (χ2n) is 8.03. The van der Waals surface area contributed by atoms with E-state index in [0.29, 0.717) is 35.1 Å². The van der Waals surface area contributed by atoms with Crippen molar-refractivity contribution in [1.29, 1.82) is 0 Å². The van der Waals surface area contributed by atoms with Crippen molar-refractivity contribution in [3.05, 3.63) is 52.5 Å². The third kappa shape index (κ3) is 4.15. The maximum Gasteiger partial charge on any atom is 0.573 e. The van der Waals surface area contributed by atoms with E-state index in [0.717, 1.165) is 19.3 Å². The Kier molecular flexibility index (Phi) is 5.50. The Labute approximate surface area is 182 Å². The van der Waals surface area contributed by atoms with Crippen LogP contribution in [0.5, 0.6) is 5.75 Å². The number of hydrogen-bond acceptors (Lipinski definition) is 4. The molecule has 1 saturated carbocycles. The van der Waals surface area contributed by atoms with Gasteiger partial charge >= 0.3 is 12.3 Å². The van der Waals surface area contributed by atoms with E-state index < -0.39 is 23.9 Å². The zero-order chi connectivity index (χ0) is 22.4. The van der Waals surface area contributed by atoms with Crippen LogP contribution in [0.1, 0.15) is 49.1 Å². The third-order valence-corrected chi connectivity index (χ3v) is 6.28. The Morgan fingerprint density at radius 1 is 1.06 bits per heavy atom. The summed E-state index contributed by atoms with van der Waals surface area (Å²) in [6, 6.07) is 8.64. The maximum atomic E-state index is 13.2. The highest BCUT2D eigenvalue weighted by atomic mass is 35.5. The molecule has 4 rings (SSSR count). The molecule has 1 atom stereocenters. The van der Waals surface area contributed by atoms with Crippen LogP contribution in [0, 0.1) is 6.92 Å². The van der Waals surface area contributed by atoms with Gasteiger partial charge in [-0.1, -0.05) is 30.2 Å². The number of halogens is 4. The molecular weight excluding hydrogens is 433 g/mol. The van der Waals surface area contributed by atoms with Crippen LogP contribution in [-0.2, 0) is 14.3 Å². The van der Waals surface area contributed by atoms with E-state index in [1.807, 2.05) is 0 Å². The lowest BCUT2D eigenvalue weighted by molar-refractivity contribution is -0.274. The summed E-state index contributed by atoms with van der Waals surface area (Å²) in [5, 5.41) is 0.287. The van der Waals surface area contributed by atoms with Crippen LogP contribution in [0.3, 0.4) is 0 Å². The predicted molar refractivity (Wildman–Crippen MR) is 108 cm³/mol. The van der Waals surface area contributed by atoms with Gasteiger partial charge in [-0.15, -0.1) is 13.2 Å². The molecule has 2 aromatic carbocycles. The van der Waals surface area contributed by atoms with Gasteiger partial charge in [0.05, 0.1) is 0 Å². The molecule has 0 amide bonds. The summed E-state index contributed by atoms with van der Waals surface area (Å²) in [6.07, 6.45) is -0.966. The number of carbonyl (C=O) groups excluding carboxylic acids is 2. The van der Waals surface area contributed by atoms with Crippen LogP contribution in [0.4, 0.5) is 13.2 Å². The van der Waals surface area contributed by atoms with Crippen LogP contribution >= 0.6 is 11.6 Å². The highest BCUT2D eigenvalue weighted by Crippen LogP contribution is 2.45. The van der Waals surface area contributed by atoms with Crippen LogP contribution in [0.2, 0.25) is 5.02 Å². The molecule has 0 radical (unpaired) electrons. The van der Waals surface area contributed by atoms with E-state index in [4.69, 9.17) is 16.3 Å². The average molecular weight is 453 g/mol. The van der Waals surface area contributed by atoms with Gasteiger partial charge in [0.25, 0.3) is 0 Å². The molecule has 8 heteroatoms. The average Bonchev–Trinajstić information content (AvgIpc) is 2.93. The monoisotopic (exact) mass is 452 g/mol. The number of benzene rings is 2. The normalized spacial score (nSPS) is 20.7. The molecule has 1 aliphatic heterocycles. The zero-order valence-corrected chi connectivity index (χ0v) is 17.5. The van der Waals surface area contributed by atoms with E-state index >= 15 is 0 Å². The largest absolute Gasteiger partial charge is 0.573 e. The minimum absolute atomic E-state index is 0.210. The molecule has 1 unspecified atom stereocenters. The van der Waals surface area contributed by atoms with Crippen LogP contribution in [-0.4, -0.2) is 23.7 Å². The van der Waals surface area contributed by atoms with Crippen molar-refractivity contribution in [2.45, 2.75) is 56.9 Å². The van der Waals surface area contributed by atoms with Gasteiger partial charge in [-0.3, -0.25) is 9.59 Å². The fourth-order valence-electron chi connectivity index (χ4n) is 4.48. The molecule has 1 aliphatic carbocycles. The van der Waals surface area contributed by atoms with Crippen molar-refractivity contribution >= 4 is 23.4 Å². The van der Waals surface area contributed by atoms with E-state index in [-0.39, 0.29) is 16.6 Å². The van der Waals surface area contributed by atoms with Crippen molar-refractivity contribution < 1.29 is 32.2 Å². The minimum Gasteiger partial charge on any atom is -0.450 e. The SMILES string of the molecule is Cc1cc(-c2ccc(OC(F)(F)F)cc2)c(Cl)cc1C1C(=O)OC2(CCCCC2)C1=O. The number of ether oxygens (including phenoxy) is 2. The van der Waals surface area contributed by atoms with Crippen LogP contribution in [0.15, 0.2) is 36.4 Å². The molecule has 1 heterocycles. The smallest absolute Gasteiger partial charge is 0.450 e. The molecule has 0 bridgehead atoms. The van der Waals surface area contributed by atoms with Crippen molar-refractivity contribution in [2.75, 3.05) is 0 Å². The summed E-state index contributed by atoms with van der Waals surface area (Å²) in [5.74, 6) is -2.10. The van der Waals surface area contributed by atoms with E-state index in [1.54, 1.807) is 19.1 Å². The van der Waals surface area contributed by atoms with Gasteiger partial charge in [0.1, 0.15) is 11.7 Å². The fraction of sp³-hybridized carbons (Fsp3) is 0.391. The van der Waals surface area contributed by atoms with Crippen molar-refractivity contribution in [3.8, 4) is 16.9 Å². The first kappa shape index (κ1) is 21.7. The number of hydrogen-bond donors (Lipinski definition) is 0. The number of rotatable bonds is 3. The van der Waals surface area contributed by atoms with E-state index in [1.165, 1.54) is 24.3 Å². The first-order valence-corrected chi connectivity index (χ1v) is 10.4. The van der Waals surface area contributed by atoms with Gasteiger partial charge in [0.15, 0.2) is 11.4 Å². The number of ketones is 1. The van der Waals surface area contributed by atoms with Crippen molar-refractivity contribution in [3.63, 3.8) is 0 Å². The summed E-state index contributed by atoms with van der Waals surface area (Å²) in [4.78, 5) is 25.8. The van der Waals surface area contributed by atoms with E-state index in [9.17, 15) is 22.8 Å². The first-order valence-electron chi connectivity index (χ1n) is 10.0. The summed E-state index contributed by atoms with van der Waals surface area (Å²) < 4.78 is 46.6. The van der Waals surface area contributed by atoms with Gasteiger partial charge in [-0.05, 0) is 73.6 Å². The number of aryl methyl sites for hydroxylation is 1. The Bertz CT molecular complexity index is 1020. The molecule has 2 aromatic rings. The standard InChI is InChI=1S/C23H20ClF3O4/c1-13-11-17(14-5-7-15(8-6-14)30-23(25,26)27)18(24)12-16(13)19-20(28)22(31-21(19)29)9-3-2-4-10-22/h5-8,11-12,19H,2-4,9-10H2,1H3. The molecule has 1 saturated heterocycles. The second kappa shape index (κ2) is 7.86. The van der Waals surface area contributed by atoms with Crippen LogP contribution < -0.4 is 4.74 Å². The first-order chi connectivity index (χ1) is 14.6. The summed E-state index contributed by atoms with van der Waals surface area (Å²) in [5.41, 5.74) is 1.32. The van der Waals surface area contributed by atoms with Gasteiger partial charge < -0.3 is 9.47 Å². The molecule has 2 aliphatic rings. The molecule has 1 spiro atoms. The molecule has 0 N–H and O–H groups in total. The highest BCUT2D eigenvalue weighted by Gasteiger charge is 2.56. The van der Waals surface area contributed by atoms with Crippen molar-refractivity contribution in [1.82, 2.24) is 0 Å². The molecule has 2 fully saturated rings. The fourth-order valence-corrected chi connectivity index (χ4v) is 4.76. The number of carbonyl (C=O) groups is 2. The third-order valence-electron chi connectivity index (χ3n) is 5.97. The zero-order valence-electron chi connectivity index (χ0n) is 16.7.